The molecule has 1 saturated heterocycles. The van der Waals surface area contributed by atoms with Crippen molar-refractivity contribution in [3.8, 4) is 0 Å². The molecular weight excluding hydrogens is 456 g/mol. The summed E-state index contributed by atoms with van der Waals surface area (Å²) in [5.41, 5.74) is 3.43. The molecule has 3 aliphatic rings. The SMILES string of the molecule is CC1=CN2C(=NC3C2C(=O)N(Cc2ccc(C)cc2)C(=O)N3C)N1c1ccc(S(N)(=O)=O)cc1. The van der Waals surface area contributed by atoms with Gasteiger partial charge >= 0.3 is 6.03 Å². The molecule has 3 heterocycles. The maximum atomic E-state index is 13.5. The molecule has 0 saturated carbocycles. The van der Waals surface area contributed by atoms with Crippen LogP contribution in [0.15, 0.2) is 70.3 Å². The van der Waals surface area contributed by atoms with Crippen LogP contribution < -0.4 is 10.0 Å². The number of guanidine groups is 1. The molecule has 0 bridgehead atoms. The number of nitrogens with two attached hydrogens (primary N) is 1. The maximum Gasteiger partial charge on any atom is 0.328 e. The first-order chi connectivity index (χ1) is 16.1. The Morgan fingerprint density at radius 2 is 1.65 bits per heavy atom. The van der Waals surface area contributed by atoms with E-state index in [9.17, 15) is 18.0 Å². The van der Waals surface area contributed by atoms with Gasteiger partial charge in [0, 0.05) is 24.6 Å². The summed E-state index contributed by atoms with van der Waals surface area (Å²) in [6.45, 7) is 4.03. The van der Waals surface area contributed by atoms with Crippen LogP contribution in [0.4, 0.5) is 10.5 Å². The average molecular weight is 481 g/mol. The monoisotopic (exact) mass is 480 g/mol. The van der Waals surface area contributed by atoms with Crippen molar-refractivity contribution in [1.29, 1.82) is 0 Å². The van der Waals surface area contributed by atoms with Gasteiger partial charge in [0.25, 0.3) is 5.91 Å². The average Bonchev–Trinajstić information content (AvgIpc) is 3.30. The molecular formula is C23H24N6O4S. The molecule has 0 aromatic heterocycles. The number of sulfonamides is 1. The Kier molecular flexibility index (Phi) is 4.99. The number of carbonyl (C=O) groups excluding carboxylic acids is 2. The van der Waals surface area contributed by atoms with Crippen LogP contribution in [0.1, 0.15) is 18.1 Å². The largest absolute Gasteiger partial charge is 0.328 e. The number of likely N-dealkylation sites (N-methyl/N-ethyl adjacent to an activating group) is 1. The van der Waals surface area contributed by atoms with Crippen LogP contribution >= 0.6 is 0 Å². The minimum Gasteiger partial charge on any atom is -0.302 e. The van der Waals surface area contributed by atoms with Crippen molar-refractivity contribution >= 4 is 33.6 Å². The van der Waals surface area contributed by atoms with E-state index >= 15 is 0 Å². The summed E-state index contributed by atoms with van der Waals surface area (Å²) in [5.74, 6) is 0.184. The summed E-state index contributed by atoms with van der Waals surface area (Å²) >= 11 is 0. The molecule has 0 radical (unpaired) electrons. The van der Waals surface area contributed by atoms with E-state index in [1.54, 1.807) is 24.1 Å². The highest BCUT2D eigenvalue weighted by molar-refractivity contribution is 7.89. The highest BCUT2D eigenvalue weighted by Crippen LogP contribution is 2.37. The van der Waals surface area contributed by atoms with Crippen LogP contribution in [-0.2, 0) is 21.4 Å². The normalized spacial score (nSPS) is 22.1. The van der Waals surface area contributed by atoms with Crippen molar-refractivity contribution in [2.24, 2.45) is 10.1 Å². The van der Waals surface area contributed by atoms with Gasteiger partial charge in [-0.2, -0.15) is 0 Å². The number of primary sulfonamides is 1. The molecule has 0 spiro atoms. The third-order valence-corrected chi connectivity index (χ3v) is 7.20. The highest BCUT2D eigenvalue weighted by atomic mass is 32.2. The number of allylic oxidation sites excluding steroid dienone is 1. The van der Waals surface area contributed by atoms with Gasteiger partial charge in [0.15, 0.2) is 12.2 Å². The lowest BCUT2D eigenvalue weighted by Gasteiger charge is -2.40. The molecule has 3 aliphatic heterocycles. The second kappa shape index (κ2) is 7.67. The van der Waals surface area contributed by atoms with Crippen LogP contribution in [0.2, 0.25) is 0 Å². The van der Waals surface area contributed by atoms with E-state index in [-0.39, 0.29) is 17.3 Å². The van der Waals surface area contributed by atoms with Crippen LogP contribution in [0.3, 0.4) is 0 Å². The van der Waals surface area contributed by atoms with E-state index in [0.717, 1.165) is 16.8 Å². The molecule has 2 atom stereocenters. The van der Waals surface area contributed by atoms with Gasteiger partial charge in [0.1, 0.15) is 0 Å². The van der Waals surface area contributed by atoms with E-state index in [0.29, 0.717) is 11.6 Å². The second-order valence-electron chi connectivity index (χ2n) is 8.64. The Balaban J connectivity index is 1.45. The lowest BCUT2D eigenvalue weighted by Crippen LogP contribution is -2.63. The fourth-order valence-corrected chi connectivity index (χ4v) is 5.00. The molecule has 34 heavy (non-hydrogen) atoms. The predicted molar refractivity (Wildman–Crippen MR) is 126 cm³/mol. The second-order valence-corrected chi connectivity index (χ2v) is 10.2. The summed E-state index contributed by atoms with van der Waals surface area (Å²) in [7, 11) is -2.17. The van der Waals surface area contributed by atoms with E-state index in [2.05, 4.69) is 0 Å². The summed E-state index contributed by atoms with van der Waals surface area (Å²) in [6.07, 6.45) is 1.16. The Morgan fingerprint density at radius 1 is 1.00 bits per heavy atom. The lowest BCUT2D eigenvalue weighted by atomic mass is 10.1. The van der Waals surface area contributed by atoms with E-state index in [4.69, 9.17) is 10.1 Å². The van der Waals surface area contributed by atoms with Gasteiger partial charge in [-0.3, -0.25) is 14.6 Å². The standard InChI is InChI=1S/C23H24N6O4S/c1-14-4-6-16(7-5-14)13-28-21(30)19-20(26(3)23(28)31)25-22-27(19)12-15(2)29(22)17-8-10-18(11-9-17)34(24,32)33/h4-12,19-20H,13H2,1-3H3,(H2,24,32,33). The zero-order valence-electron chi connectivity index (χ0n) is 18.9. The number of rotatable bonds is 4. The number of hydrogen-bond acceptors (Lipinski definition) is 7. The van der Waals surface area contributed by atoms with Crippen molar-refractivity contribution in [3.05, 3.63) is 71.6 Å². The number of nitrogens with zero attached hydrogens (tertiary/aromatic N) is 5. The van der Waals surface area contributed by atoms with Crippen LogP contribution in [-0.4, -0.2) is 60.3 Å². The Bertz CT molecular complexity index is 1350. The van der Waals surface area contributed by atoms with Crippen molar-refractivity contribution in [1.82, 2.24) is 14.7 Å². The summed E-state index contributed by atoms with van der Waals surface area (Å²) in [4.78, 5) is 37.6. The number of amides is 3. The van der Waals surface area contributed by atoms with Crippen LogP contribution in [0, 0.1) is 6.92 Å². The Morgan fingerprint density at radius 3 is 2.26 bits per heavy atom. The van der Waals surface area contributed by atoms with Crippen molar-refractivity contribution in [3.63, 3.8) is 0 Å². The molecule has 0 aliphatic carbocycles. The lowest BCUT2D eigenvalue weighted by molar-refractivity contribution is -0.137. The highest BCUT2D eigenvalue weighted by Gasteiger charge is 2.54. The van der Waals surface area contributed by atoms with Gasteiger partial charge < -0.3 is 9.80 Å². The number of hydrogen-bond donors (Lipinski definition) is 1. The van der Waals surface area contributed by atoms with Gasteiger partial charge in [-0.1, -0.05) is 29.8 Å². The minimum atomic E-state index is -3.81. The molecule has 11 heteroatoms. The van der Waals surface area contributed by atoms with E-state index in [1.807, 2.05) is 49.2 Å². The third-order valence-electron chi connectivity index (χ3n) is 6.27. The van der Waals surface area contributed by atoms with Crippen molar-refractivity contribution < 1.29 is 18.0 Å². The molecule has 2 unspecified atom stereocenters. The smallest absolute Gasteiger partial charge is 0.302 e. The first kappa shape index (κ1) is 22.1. The maximum absolute atomic E-state index is 13.5. The fraction of sp³-hybridized carbons (Fsp3) is 0.261. The molecule has 5 rings (SSSR count). The zero-order valence-corrected chi connectivity index (χ0v) is 19.7. The molecule has 2 aromatic rings. The summed E-state index contributed by atoms with van der Waals surface area (Å²) in [6, 6.07) is 12.7. The number of carbonyl (C=O) groups is 2. The third kappa shape index (κ3) is 3.44. The summed E-state index contributed by atoms with van der Waals surface area (Å²) in [5, 5.41) is 5.21. The molecule has 176 valence electrons. The van der Waals surface area contributed by atoms with Crippen LogP contribution in [0.5, 0.6) is 0 Å². The number of benzene rings is 2. The Labute approximate surface area is 197 Å². The quantitative estimate of drug-likeness (QED) is 0.713. The van der Waals surface area contributed by atoms with Gasteiger partial charge in [0.2, 0.25) is 16.0 Å². The number of urea groups is 1. The predicted octanol–water partition coefficient (Wildman–Crippen LogP) is 1.78. The van der Waals surface area contributed by atoms with Gasteiger partial charge in [-0.05, 0) is 43.7 Å². The van der Waals surface area contributed by atoms with Crippen molar-refractivity contribution in [2.45, 2.75) is 37.5 Å². The molecule has 10 nitrogen and oxygen atoms in total. The van der Waals surface area contributed by atoms with Gasteiger partial charge in [0.05, 0.1) is 11.4 Å². The topological polar surface area (TPSA) is 120 Å². The number of anilines is 1. The number of aliphatic imine (C=N–C) groups is 1. The minimum absolute atomic E-state index is 0.00298. The molecule has 2 aromatic carbocycles. The van der Waals surface area contributed by atoms with Crippen LogP contribution in [0.25, 0.3) is 0 Å². The number of imide groups is 1. The summed E-state index contributed by atoms with van der Waals surface area (Å²) < 4.78 is 23.2. The molecule has 3 amide bonds. The van der Waals surface area contributed by atoms with E-state index < -0.39 is 28.3 Å². The zero-order chi connectivity index (χ0) is 24.4. The van der Waals surface area contributed by atoms with E-state index in [1.165, 1.54) is 21.9 Å². The first-order valence-electron chi connectivity index (χ1n) is 10.7. The van der Waals surface area contributed by atoms with Gasteiger partial charge in [-0.25, -0.2) is 23.3 Å². The number of aryl methyl sites for hydroxylation is 1. The van der Waals surface area contributed by atoms with Gasteiger partial charge in [-0.15, -0.1) is 0 Å². The Hall–Kier alpha value is -3.70. The molecule has 2 N–H and O–H groups in total. The van der Waals surface area contributed by atoms with Crippen molar-refractivity contribution in [2.75, 3.05) is 11.9 Å². The molecule has 1 fully saturated rings. The first-order valence-corrected chi connectivity index (χ1v) is 12.2. The fourth-order valence-electron chi connectivity index (χ4n) is 4.48. The number of fused-ring (bicyclic) bond motifs is 3.